The van der Waals surface area contributed by atoms with Crippen molar-refractivity contribution in [3.8, 4) is 0 Å². The SMILES string of the molecule is CSC1=NC=C(C(=O)O)CN1C(C)C. The third-order valence-corrected chi connectivity index (χ3v) is 2.70. The summed E-state index contributed by atoms with van der Waals surface area (Å²) in [5.74, 6) is -0.889. The van der Waals surface area contributed by atoms with Crippen molar-refractivity contribution in [3.63, 3.8) is 0 Å². The molecule has 0 bridgehead atoms. The molecule has 0 saturated heterocycles. The maximum absolute atomic E-state index is 10.7. The van der Waals surface area contributed by atoms with Crippen LogP contribution in [0.1, 0.15) is 13.8 Å². The predicted octanol–water partition coefficient (Wildman–Crippen LogP) is 1.40. The van der Waals surface area contributed by atoms with Crippen molar-refractivity contribution >= 4 is 22.9 Å². The number of hydrogen-bond donors (Lipinski definition) is 1. The number of hydrogen-bond acceptors (Lipinski definition) is 4. The number of nitrogens with zero attached hydrogens (tertiary/aromatic N) is 2. The van der Waals surface area contributed by atoms with E-state index < -0.39 is 5.97 Å². The average Bonchev–Trinajstić information content (AvgIpc) is 2.16. The van der Waals surface area contributed by atoms with E-state index in [0.29, 0.717) is 12.1 Å². The number of amidine groups is 1. The molecule has 0 saturated carbocycles. The zero-order valence-corrected chi connectivity index (χ0v) is 9.34. The molecule has 0 spiro atoms. The van der Waals surface area contributed by atoms with Crippen LogP contribution in [0.3, 0.4) is 0 Å². The fraction of sp³-hybridized carbons (Fsp3) is 0.556. The number of aliphatic carboxylic acids is 1. The molecule has 1 aliphatic rings. The Morgan fingerprint density at radius 1 is 1.71 bits per heavy atom. The summed E-state index contributed by atoms with van der Waals surface area (Å²) in [7, 11) is 0. The van der Waals surface area contributed by atoms with Crippen molar-refractivity contribution in [2.24, 2.45) is 4.99 Å². The topological polar surface area (TPSA) is 52.9 Å². The zero-order chi connectivity index (χ0) is 10.7. The monoisotopic (exact) mass is 214 g/mol. The molecule has 1 heterocycles. The van der Waals surface area contributed by atoms with E-state index in [-0.39, 0.29) is 6.04 Å². The Labute approximate surface area is 87.7 Å². The third-order valence-electron chi connectivity index (χ3n) is 2.00. The molecular weight excluding hydrogens is 200 g/mol. The van der Waals surface area contributed by atoms with Gasteiger partial charge >= 0.3 is 5.97 Å². The lowest BCUT2D eigenvalue weighted by atomic mass is 10.2. The van der Waals surface area contributed by atoms with E-state index in [0.717, 1.165) is 5.17 Å². The third kappa shape index (κ3) is 2.29. The molecule has 0 fully saturated rings. The first-order valence-electron chi connectivity index (χ1n) is 4.37. The summed E-state index contributed by atoms with van der Waals surface area (Å²) in [6, 6.07) is 0.268. The lowest BCUT2D eigenvalue weighted by molar-refractivity contribution is -0.132. The quantitative estimate of drug-likeness (QED) is 0.755. The summed E-state index contributed by atoms with van der Waals surface area (Å²) < 4.78 is 0. The Hall–Kier alpha value is -0.970. The van der Waals surface area contributed by atoms with Crippen LogP contribution >= 0.6 is 11.8 Å². The molecule has 5 heteroatoms. The highest BCUT2D eigenvalue weighted by molar-refractivity contribution is 8.13. The van der Waals surface area contributed by atoms with Gasteiger partial charge in [0.2, 0.25) is 0 Å². The molecule has 0 amide bonds. The summed E-state index contributed by atoms with van der Waals surface area (Å²) in [6.07, 6.45) is 3.38. The predicted molar refractivity (Wildman–Crippen MR) is 58.5 cm³/mol. The van der Waals surface area contributed by atoms with Crippen LogP contribution in [0.4, 0.5) is 0 Å². The van der Waals surface area contributed by atoms with Crippen LogP contribution in [0.15, 0.2) is 16.8 Å². The summed E-state index contributed by atoms with van der Waals surface area (Å²) in [6.45, 7) is 4.49. The van der Waals surface area contributed by atoms with Crippen LogP contribution in [0, 0.1) is 0 Å². The molecule has 0 aromatic heterocycles. The number of carboxylic acids is 1. The van der Waals surface area contributed by atoms with Gasteiger partial charge in [-0.15, -0.1) is 0 Å². The number of thioether (sulfide) groups is 1. The van der Waals surface area contributed by atoms with Gasteiger partial charge in [-0.05, 0) is 20.1 Å². The van der Waals surface area contributed by atoms with Crippen LogP contribution in [-0.2, 0) is 4.79 Å². The van der Waals surface area contributed by atoms with Crippen molar-refractivity contribution < 1.29 is 9.90 Å². The smallest absolute Gasteiger partial charge is 0.334 e. The molecule has 0 aromatic carbocycles. The number of carbonyl (C=O) groups is 1. The minimum atomic E-state index is -0.889. The second-order valence-corrected chi connectivity index (χ2v) is 4.07. The molecule has 1 N–H and O–H groups in total. The van der Waals surface area contributed by atoms with E-state index in [4.69, 9.17) is 5.11 Å². The molecule has 0 aliphatic carbocycles. The molecular formula is C9H14N2O2S. The van der Waals surface area contributed by atoms with Gasteiger partial charge < -0.3 is 10.0 Å². The maximum Gasteiger partial charge on any atom is 0.334 e. The summed E-state index contributed by atoms with van der Waals surface area (Å²) >= 11 is 1.53. The van der Waals surface area contributed by atoms with Gasteiger partial charge in [0, 0.05) is 12.2 Å². The fourth-order valence-electron chi connectivity index (χ4n) is 1.20. The minimum absolute atomic E-state index is 0.268. The van der Waals surface area contributed by atoms with E-state index in [2.05, 4.69) is 4.99 Å². The molecule has 1 aliphatic heterocycles. The number of rotatable bonds is 2. The fourth-order valence-corrected chi connectivity index (χ4v) is 1.86. The summed E-state index contributed by atoms with van der Waals surface area (Å²) in [5.41, 5.74) is 0.344. The lowest BCUT2D eigenvalue weighted by Gasteiger charge is -2.30. The normalized spacial score (nSPS) is 16.7. The van der Waals surface area contributed by atoms with Gasteiger partial charge in [0.1, 0.15) is 0 Å². The van der Waals surface area contributed by atoms with Gasteiger partial charge in [0.25, 0.3) is 0 Å². The first kappa shape index (κ1) is 11.1. The number of carboxylic acid groups (broad SMARTS) is 1. The molecule has 4 nitrogen and oxygen atoms in total. The largest absolute Gasteiger partial charge is 0.478 e. The van der Waals surface area contributed by atoms with Crippen LogP contribution in [0.5, 0.6) is 0 Å². The highest BCUT2D eigenvalue weighted by atomic mass is 32.2. The Morgan fingerprint density at radius 3 is 2.79 bits per heavy atom. The Morgan fingerprint density at radius 2 is 2.36 bits per heavy atom. The Balaban J connectivity index is 2.88. The first-order chi connectivity index (χ1) is 6.56. The molecule has 78 valence electrons. The zero-order valence-electron chi connectivity index (χ0n) is 8.52. The molecule has 0 aromatic rings. The Bertz CT molecular complexity index is 297. The van der Waals surface area contributed by atoms with Crippen molar-refractivity contribution in [2.45, 2.75) is 19.9 Å². The van der Waals surface area contributed by atoms with Crippen LogP contribution in [0.25, 0.3) is 0 Å². The second-order valence-electron chi connectivity index (χ2n) is 3.30. The van der Waals surface area contributed by atoms with Gasteiger partial charge in [-0.25, -0.2) is 9.79 Å². The van der Waals surface area contributed by atoms with Crippen molar-refractivity contribution in [1.29, 1.82) is 0 Å². The van der Waals surface area contributed by atoms with Crippen LogP contribution < -0.4 is 0 Å². The van der Waals surface area contributed by atoms with E-state index in [9.17, 15) is 4.79 Å². The minimum Gasteiger partial charge on any atom is -0.478 e. The van der Waals surface area contributed by atoms with E-state index >= 15 is 0 Å². The van der Waals surface area contributed by atoms with Crippen molar-refractivity contribution in [2.75, 3.05) is 12.8 Å². The molecule has 0 atom stereocenters. The van der Waals surface area contributed by atoms with Gasteiger partial charge in [0.05, 0.1) is 12.1 Å². The first-order valence-corrected chi connectivity index (χ1v) is 5.59. The average molecular weight is 214 g/mol. The van der Waals surface area contributed by atoms with Gasteiger partial charge in [0.15, 0.2) is 5.17 Å². The summed E-state index contributed by atoms with van der Waals surface area (Å²) in [4.78, 5) is 16.8. The van der Waals surface area contributed by atoms with Gasteiger partial charge in [-0.1, -0.05) is 11.8 Å². The summed E-state index contributed by atoms with van der Waals surface area (Å²) in [5, 5.41) is 9.71. The molecule has 0 unspecified atom stereocenters. The van der Waals surface area contributed by atoms with E-state index in [1.807, 2.05) is 25.0 Å². The standard InChI is InChI=1S/C9H14N2O2S/c1-6(2)11-5-7(8(12)13)4-10-9(11)14-3/h4,6H,5H2,1-3H3,(H,12,13). The van der Waals surface area contributed by atoms with Crippen LogP contribution in [0.2, 0.25) is 0 Å². The maximum atomic E-state index is 10.7. The molecule has 14 heavy (non-hydrogen) atoms. The highest BCUT2D eigenvalue weighted by Gasteiger charge is 2.22. The van der Waals surface area contributed by atoms with Crippen LogP contribution in [-0.4, -0.2) is 40.0 Å². The Kier molecular flexibility index (Phi) is 3.57. The van der Waals surface area contributed by atoms with E-state index in [1.165, 1.54) is 18.0 Å². The second kappa shape index (κ2) is 4.50. The van der Waals surface area contributed by atoms with Gasteiger partial charge in [-0.2, -0.15) is 0 Å². The van der Waals surface area contributed by atoms with Gasteiger partial charge in [-0.3, -0.25) is 0 Å². The van der Waals surface area contributed by atoms with E-state index in [1.54, 1.807) is 0 Å². The molecule has 1 rings (SSSR count). The van der Waals surface area contributed by atoms with Crippen molar-refractivity contribution in [3.05, 3.63) is 11.8 Å². The van der Waals surface area contributed by atoms with Crippen molar-refractivity contribution in [1.82, 2.24) is 4.90 Å². The molecule has 0 radical (unpaired) electrons. The number of aliphatic imine (C=N–C) groups is 1. The highest BCUT2D eigenvalue weighted by Crippen LogP contribution is 2.17. The lowest BCUT2D eigenvalue weighted by Crippen LogP contribution is -2.39.